The molecule has 0 aromatic carbocycles. The van der Waals surface area contributed by atoms with E-state index in [9.17, 15) is 19.7 Å². The molecule has 0 radical (unpaired) electrons. The lowest BCUT2D eigenvalue weighted by atomic mass is 10.3. The van der Waals surface area contributed by atoms with Gasteiger partial charge in [-0.3, -0.25) is 24.5 Å². The molecule has 88 valence electrons. The highest BCUT2D eigenvalue weighted by atomic mass is 32.1. The van der Waals surface area contributed by atoms with E-state index in [0.29, 0.717) is 18.7 Å². The molecule has 1 aromatic heterocycles. The normalized spacial score (nSPS) is 10.3. The molecule has 1 N–H and O–H groups in total. The second kappa shape index (κ2) is 5.50. The molecule has 16 heavy (non-hydrogen) atoms. The van der Waals surface area contributed by atoms with E-state index in [2.05, 4.69) is 12.6 Å². The Kier molecular flexibility index (Phi) is 4.29. The Balaban J connectivity index is 3.01. The van der Waals surface area contributed by atoms with Crippen molar-refractivity contribution in [1.29, 1.82) is 0 Å². The van der Waals surface area contributed by atoms with Crippen LogP contribution in [0.2, 0.25) is 0 Å². The Morgan fingerprint density at radius 1 is 1.44 bits per heavy atom. The SMILES string of the molecule is O=c1[nH]c(=O)n(CCCCS)cc1[N+](=O)[O-]. The largest absolute Gasteiger partial charge is 0.350 e. The molecule has 0 aliphatic carbocycles. The summed E-state index contributed by atoms with van der Waals surface area (Å²) in [5.74, 6) is 0.681. The summed E-state index contributed by atoms with van der Waals surface area (Å²) < 4.78 is 1.13. The summed E-state index contributed by atoms with van der Waals surface area (Å²) in [6.07, 6.45) is 2.44. The predicted octanol–water partition coefficient (Wildman–Crippen LogP) is 0.155. The molecule has 1 heterocycles. The first-order valence-corrected chi connectivity index (χ1v) is 5.28. The van der Waals surface area contributed by atoms with Crippen LogP contribution in [0.5, 0.6) is 0 Å². The Hall–Kier alpha value is -1.57. The van der Waals surface area contributed by atoms with Crippen molar-refractivity contribution in [3.8, 4) is 0 Å². The average molecular weight is 245 g/mol. The lowest BCUT2D eigenvalue weighted by molar-refractivity contribution is -0.386. The van der Waals surface area contributed by atoms with Gasteiger partial charge in [0.15, 0.2) is 0 Å². The third-order valence-corrected chi connectivity index (χ3v) is 2.31. The molecule has 0 aliphatic rings. The maximum absolute atomic E-state index is 11.3. The fourth-order valence-corrected chi connectivity index (χ4v) is 1.41. The summed E-state index contributed by atoms with van der Waals surface area (Å²) in [4.78, 5) is 33.9. The van der Waals surface area contributed by atoms with Gasteiger partial charge in [-0.2, -0.15) is 12.6 Å². The topological polar surface area (TPSA) is 98.0 Å². The fourth-order valence-electron chi connectivity index (χ4n) is 1.19. The van der Waals surface area contributed by atoms with E-state index in [1.165, 1.54) is 0 Å². The van der Waals surface area contributed by atoms with Crippen molar-refractivity contribution < 1.29 is 4.92 Å². The lowest BCUT2D eigenvalue weighted by Crippen LogP contribution is -2.30. The van der Waals surface area contributed by atoms with Gasteiger partial charge in [0.1, 0.15) is 0 Å². The van der Waals surface area contributed by atoms with Crippen molar-refractivity contribution in [2.75, 3.05) is 5.75 Å². The lowest BCUT2D eigenvalue weighted by Gasteiger charge is -2.03. The van der Waals surface area contributed by atoms with Crippen molar-refractivity contribution in [3.63, 3.8) is 0 Å². The molecule has 0 spiro atoms. The maximum Gasteiger partial charge on any atom is 0.350 e. The number of H-pyrrole nitrogens is 1. The quantitative estimate of drug-likeness (QED) is 0.334. The summed E-state index contributed by atoms with van der Waals surface area (Å²) in [7, 11) is 0. The highest BCUT2D eigenvalue weighted by Crippen LogP contribution is 2.00. The number of unbranched alkanes of at least 4 members (excludes halogenated alkanes) is 1. The van der Waals surface area contributed by atoms with Gasteiger partial charge in [-0.15, -0.1) is 0 Å². The first-order valence-electron chi connectivity index (χ1n) is 4.65. The number of nitro groups is 1. The minimum absolute atomic E-state index is 0.330. The molecular weight excluding hydrogens is 234 g/mol. The molecule has 0 unspecified atom stereocenters. The second-order valence-corrected chi connectivity index (χ2v) is 3.60. The zero-order chi connectivity index (χ0) is 12.1. The molecule has 7 nitrogen and oxygen atoms in total. The number of aromatic nitrogens is 2. The number of nitrogens with one attached hydrogen (secondary N) is 1. The van der Waals surface area contributed by atoms with Gasteiger partial charge in [0.25, 0.3) is 0 Å². The van der Waals surface area contributed by atoms with Crippen LogP contribution in [0, 0.1) is 10.1 Å². The smallest absolute Gasteiger partial charge is 0.294 e. The zero-order valence-corrected chi connectivity index (χ0v) is 9.27. The van der Waals surface area contributed by atoms with Crippen LogP contribution in [0.15, 0.2) is 15.8 Å². The molecule has 8 heteroatoms. The van der Waals surface area contributed by atoms with Crippen LogP contribution in [0.4, 0.5) is 5.69 Å². The summed E-state index contributed by atoms with van der Waals surface area (Å²) in [5, 5.41) is 10.5. The van der Waals surface area contributed by atoms with Gasteiger partial charge in [0, 0.05) is 6.54 Å². The van der Waals surface area contributed by atoms with Crippen LogP contribution < -0.4 is 11.2 Å². The van der Waals surface area contributed by atoms with Gasteiger partial charge >= 0.3 is 16.9 Å². The molecular formula is C8H11N3O4S. The van der Waals surface area contributed by atoms with E-state index in [1.54, 1.807) is 0 Å². The predicted molar refractivity (Wildman–Crippen MR) is 61.1 cm³/mol. The average Bonchev–Trinajstić information content (AvgIpc) is 2.21. The fraction of sp³-hybridized carbons (Fsp3) is 0.500. The van der Waals surface area contributed by atoms with E-state index in [1.807, 2.05) is 4.98 Å². The summed E-state index contributed by atoms with van der Waals surface area (Å²) in [5.41, 5.74) is -2.22. The van der Waals surface area contributed by atoms with Gasteiger partial charge in [-0.1, -0.05) is 0 Å². The van der Waals surface area contributed by atoms with Gasteiger partial charge in [-0.05, 0) is 18.6 Å². The van der Waals surface area contributed by atoms with Crippen LogP contribution in [-0.2, 0) is 6.54 Å². The summed E-state index contributed by atoms with van der Waals surface area (Å²) in [6, 6.07) is 0. The Bertz CT molecular complexity index is 493. The van der Waals surface area contributed by atoms with Crippen LogP contribution in [0.25, 0.3) is 0 Å². The molecule has 0 aliphatic heterocycles. The molecule has 0 bridgehead atoms. The van der Waals surface area contributed by atoms with Crippen molar-refractivity contribution in [1.82, 2.24) is 9.55 Å². The third kappa shape index (κ3) is 2.96. The Labute approximate surface area is 95.7 Å². The van der Waals surface area contributed by atoms with Gasteiger partial charge in [0.2, 0.25) is 0 Å². The van der Waals surface area contributed by atoms with Crippen LogP contribution in [-0.4, -0.2) is 20.2 Å². The summed E-state index contributed by atoms with van der Waals surface area (Å²) >= 11 is 4.01. The summed E-state index contributed by atoms with van der Waals surface area (Å²) in [6.45, 7) is 0.330. The van der Waals surface area contributed by atoms with Crippen molar-refractivity contribution >= 4 is 18.3 Å². The van der Waals surface area contributed by atoms with Gasteiger partial charge in [-0.25, -0.2) is 4.79 Å². The van der Waals surface area contributed by atoms with Crippen molar-refractivity contribution in [2.45, 2.75) is 19.4 Å². The minimum Gasteiger partial charge on any atom is -0.294 e. The molecule has 1 aromatic rings. The van der Waals surface area contributed by atoms with Crippen molar-refractivity contribution in [2.24, 2.45) is 0 Å². The molecule has 0 saturated carbocycles. The molecule has 0 fully saturated rings. The standard InChI is InChI=1S/C8H11N3O4S/c12-7-6(11(14)15)5-10(8(13)9-7)3-1-2-4-16/h5,16H,1-4H2,(H,9,12,13). The monoisotopic (exact) mass is 245 g/mol. The number of nitrogens with zero attached hydrogens (tertiary/aromatic N) is 2. The maximum atomic E-state index is 11.3. The van der Waals surface area contributed by atoms with E-state index in [-0.39, 0.29) is 0 Å². The molecule has 0 amide bonds. The number of rotatable bonds is 5. The first kappa shape index (κ1) is 12.5. The van der Waals surface area contributed by atoms with Gasteiger partial charge in [0.05, 0.1) is 11.1 Å². The third-order valence-electron chi connectivity index (χ3n) is 2.00. The highest BCUT2D eigenvalue weighted by Gasteiger charge is 2.14. The van der Waals surface area contributed by atoms with E-state index >= 15 is 0 Å². The highest BCUT2D eigenvalue weighted by molar-refractivity contribution is 7.80. The molecule has 0 saturated heterocycles. The Morgan fingerprint density at radius 2 is 2.12 bits per heavy atom. The van der Waals surface area contributed by atoms with E-state index in [0.717, 1.165) is 17.2 Å². The Morgan fingerprint density at radius 3 is 2.69 bits per heavy atom. The van der Waals surface area contributed by atoms with Crippen molar-refractivity contribution in [3.05, 3.63) is 37.1 Å². The number of aromatic amines is 1. The molecule has 1 rings (SSSR count). The first-order chi connectivity index (χ1) is 7.56. The van der Waals surface area contributed by atoms with E-state index in [4.69, 9.17) is 0 Å². The number of hydrogen-bond donors (Lipinski definition) is 2. The van der Waals surface area contributed by atoms with Crippen LogP contribution in [0.1, 0.15) is 12.8 Å². The zero-order valence-electron chi connectivity index (χ0n) is 8.38. The second-order valence-electron chi connectivity index (χ2n) is 3.15. The number of thiol groups is 1. The van der Waals surface area contributed by atoms with Crippen LogP contribution >= 0.6 is 12.6 Å². The number of aryl methyl sites for hydroxylation is 1. The number of hydrogen-bond acceptors (Lipinski definition) is 5. The van der Waals surface area contributed by atoms with E-state index < -0.39 is 21.9 Å². The van der Waals surface area contributed by atoms with Crippen LogP contribution in [0.3, 0.4) is 0 Å². The van der Waals surface area contributed by atoms with Gasteiger partial charge < -0.3 is 0 Å². The minimum atomic E-state index is -0.972. The molecule has 0 atom stereocenters.